The van der Waals surface area contributed by atoms with Crippen LogP contribution in [0.2, 0.25) is 0 Å². The lowest BCUT2D eigenvalue weighted by molar-refractivity contribution is -0.143. The van der Waals surface area contributed by atoms with Crippen LogP contribution in [0.15, 0.2) is 47.4 Å². The average molecular weight is 715 g/mol. The van der Waals surface area contributed by atoms with Crippen molar-refractivity contribution in [3.05, 3.63) is 92.5 Å². The van der Waals surface area contributed by atoms with Gasteiger partial charge in [-0.05, 0) is 55.7 Å². The van der Waals surface area contributed by atoms with Crippen molar-refractivity contribution < 1.29 is 54.9 Å². The number of carbonyl (C=O) groups excluding carboxylic acids is 1. The van der Waals surface area contributed by atoms with Gasteiger partial charge < -0.3 is 25.4 Å². The van der Waals surface area contributed by atoms with Crippen LogP contribution in [0.1, 0.15) is 59.1 Å². The number of nitrogens with zero attached hydrogens (tertiary/aromatic N) is 2. The lowest BCUT2D eigenvalue weighted by Gasteiger charge is -2.22. The Kier molecular flexibility index (Phi) is 10.6. The maximum Gasteiger partial charge on any atom is 0.417 e. The van der Waals surface area contributed by atoms with Crippen molar-refractivity contribution in [3.63, 3.8) is 0 Å². The van der Waals surface area contributed by atoms with E-state index in [2.05, 4.69) is 4.98 Å². The first-order valence-electron chi connectivity index (χ1n) is 14.9. The van der Waals surface area contributed by atoms with Crippen molar-refractivity contribution >= 4 is 28.5 Å². The van der Waals surface area contributed by atoms with Gasteiger partial charge in [-0.1, -0.05) is 19.1 Å². The number of aryl methyl sites for hydroxylation is 1. The van der Waals surface area contributed by atoms with Gasteiger partial charge in [0.05, 0.1) is 22.7 Å². The number of hydrogen-bond acceptors (Lipinski definition) is 6. The summed E-state index contributed by atoms with van der Waals surface area (Å²) in [6.07, 6.45) is -10.8. The molecule has 0 saturated carbocycles. The molecule has 2 aromatic carbocycles. The van der Waals surface area contributed by atoms with Crippen molar-refractivity contribution in [3.8, 4) is 11.1 Å². The standard InChI is InChI=1S/C33H30F8N4O5/c1-5-25(33(39,40)41)43-18-11-22(34)27(23(35)12-18)29(47)44-24(31(49)50)10-16-6-7-19(28-20(16)9-17(13-42-28)15(3)46)26-21(32(36,37)38)8-14(2)45(4)30(26)48/h6-9,11-13,15,24-25,43,46H,5,10H2,1-4H3,(H,44,47)(H,49,50)/t15?,24-,25+/m0/s1. The van der Waals surface area contributed by atoms with Crippen LogP contribution in [0, 0.1) is 18.6 Å². The molecule has 0 radical (unpaired) electrons. The second-order valence-electron chi connectivity index (χ2n) is 11.6. The van der Waals surface area contributed by atoms with Crippen LogP contribution in [0.4, 0.5) is 40.8 Å². The SMILES string of the molecule is CC[C@@H](Nc1cc(F)c(C(=O)N[C@@H](Cc2ccc(-c3c(C(F)(F)F)cc(C)n(C)c3=O)c3ncc(C(C)O)cc23)C(=O)O)c(F)c1)C(F)(F)F. The molecule has 1 amide bonds. The summed E-state index contributed by atoms with van der Waals surface area (Å²) in [6, 6.07) is 1.23. The third-order valence-corrected chi connectivity index (χ3v) is 8.13. The average Bonchev–Trinajstić information content (AvgIpc) is 3.00. The van der Waals surface area contributed by atoms with Gasteiger partial charge in [0.2, 0.25) is 0 Å². The Balaban J connectivity index is 1.78. The first-order chi connectivity index (χ1) is 23.1. The highest BCUT2D eigenvalue weighted by Gasteiger charge is 2.39. The summed E-state index contributed by atoms with van der Waals surface area (Å²) < 4.78 is 113. The number of benzene rings is 2. The highest BCUT2D eigenvalue weighted by molar-refractivity contribution is 5.99. The number of amides is 1. The number of hydrogen-bond donors (Lipinski definition) is 4. The van der Waals surface area contributed by atoms with Crippen molar-refractivity contribution in [2.24, 2.45) is 7.05 Å². The lowest BCUT2D eigenvalue weighted by Crippen LogP contribution is -2.43. The number of nitrogens with one attached hydrogen (secondary N) is 2. The monoisotopic (exact) mass is 714 g/mol. The number of halogens is 8. The molecule has 4 aromatic rings. The number of pyridine rings is 2. The predicted octanol–water partition coefficient (Wildman–Crippen LogP) is 6.44. The highest BCUT2D eigenvalue weighted by Crippen LogP contribution is 2.39. The summed E-state index contributed by atoms with van der Waals surface area (Å²) in [5, 5.41) is 24.0. The molecule has 0 spiro atoms. The van der Waals surface area contributed by atoms with Crippen LogP contribution in [0.5, 0.6) is 0 Å². The summed E-state index contributed by atoms with van der Waals surface area (Å²) in [7, 11) is 1.27. The summed E-state index contributed by atoms with van der Waals surface area (Å²) in [5.74, 6) is -6.45. The number of alkyl halides is 6. The number of carboxylic acid groups (broad SMARTS) is 1. The van der Waals surface area contributed by atoms with Gasteiger partial charge in [0.15, 0.2) is 0 Å². The summed E-state index contributed by atoms with van der Waals surface area (Å²) in [4.78, 5) is 42.7. The zero-order chi connectivity index (χ0) is 37.5. The van der Waals surface area contributed by atoms with E-state index in [9.17, 15) is 59.7 Å². The Morgan fingerprint density at radius 1 is 1.02 bits per heavy atom. The minimum Gasteiger partial charge on any atom is -0.480 e. The van der Waals surface area contributed by atoms with E-state index < -0.39 is 94.8 Å². The van der Waals surface area contributed by atoms with Gasteiger partial charge >= 0.3 is 18.3 Å². The van der Waals surface area contributed by atoms with E-state index in [0.717, 1.165) is 22.9 Å². The number of aliphatic hydroxyl groups is 1. The molecular formula is C33H30F8N4O5. The van der Waals surface area contributed by atoms with E-state index in [1.165, 1.54) is 40.0 Å². The van der Waals surface area contributed by atoms with Crippen LogP contribution in [-0.2, 0) is 24.4 Å². The number of carbonyl (C=O) groups is 2. The number of fused-ring (bicyclic) bond motifs is 1. The van der Waals surface area contributed by atoms with Crippen molar-refractivity contribution in [2.45, 2.75) is 64.2 Å². The number of anilines is 1. The van der Waals surface area contributed by atoms with E-state index >= 15 is 0 Å². The van der Waals surface area contributed by atoms with E-state index in [1.54, 1.807) is 0 Å². The fourth-order valence-corrected chi connectivity index (χ4v) is 5.35. The number of aliphatic carboxylic acids is 1. The quantitative estimate of drug-likeness (QED) is 0.139. The second-order valence-corrected chi connectivity index (χ2v) is 11.6. The van der Waals surface area contributed by atoms with Gasteiger partial charge in [0, 0.05) is 42.0 Å². The normalized spacial score (nSPS) is 13.9. The second kappa shape index (κ2) is 14.0. The predicted molar refractivity (Wildman–Crippen MR) is 166 cm³/mol. The molecule has 0 saturated heterocycles. The van der Waals surface area contributed by atoms with E-state index in [0.29, 0.717) is 12.1 Å². The smallest absolute Gasteiger partial charge is 0.417 e. The van der Waals surface area contributed by atoms with Gasteiger partial charge in [0.1, 0.15) is 29.3 Å². The van der Waals surface area contributed by atoms with Gasteiger partial charge in [-0.25, -0.2) is 13.6 Å². The maximum atomic E-state index is 14.9. The van der Waals surface area contributed by atoms with Gasteiger partial charge in [0.25, 0.3) is 11.5 Å². The zero-order valence-electron chi connectivity index (χ0n) is 26.7. The first kappa shape index (κ1) is 37.8. The summed E-state index contributed by atoms with van der Waals surface area (Å²) in [5.41, 5.74) is -5.13. The van der Waals surface area contributed by atoms with Crippen LogP contribution in [-0.4, -0.2) is 49.9 Å². The molecule has 1 unspecified atom stereocenters. The molecule has 0 bridgehead atoms. The molecule has 2 heterocycles. The zero-order valence-corrected chi connectivity index (χ0v) is 26.7. The molecule has 268 valence electrons. The van der Waals surface area contributed by atoms with Crippen LogP contribution in [0.25, 0.3) is 22.0 Å². The molecule has 3 atom stereocenters. The number of aromatic nitrogens is 2. The topological polar surface area (TPSA) is 134 Å². The Morgan fingerprint density at radius 2 is 1.64 bits per heavy atom. The van der Waals surface area contributed by atoms with Gasteiger partial charge in [-0.2, -0.15) is 26.3 Å². The first-order valence-corrected chi connectivity index (χ1v) is 14.9. The van der Waals surface area contributed by atoms with E-state index in [4.69, 9.17) is 0 Å². The van der Waals surface area contributed by atoms with Crippen molar-refractivity contribution in [2.75, 3.05) is 5.32 Å². The molecule has 0 aliphatic rings. The molecule has 0 aliphatic carbocycles. The minimum absolute atomic E-state index is 0.0000768. The molecule has 4 rings (SSSR count). The Labute approximate surface area is 278 Å². The molecule has 4 N–H and O–H groups in total. The fraction of sp³-hybridized carbons (Fsp3) is 0.333. The van der Waals surface area contributed by atoms with Gasteiger partial charge in [-0.15, -0.1) is 0 Å². The number of carboxylic acids is 1. The molecular weight excluding hydrogens is 684 g/mol. The third-order valence-electron chi connectivity index (χ3n) is 8.13. The molecule has 9 nitrogen and oxygen atoms in total. The molecule has 0 aliphatic heterocycles. The van der Waals surface area contributed by atoms with E-state index in [-0.39, 0.29) is 33.3 Å². The third kappa shape index (κ3) is 7.72. The van der Waals surface area contributed by atoms with Gasteiger partial charge in [-0.3, -0.25) is 14.6 Å². The number of rotatable bonds is 10. The Morgan fingerprint density at radius 3 is 2.16 bits per heavy atom. The Bertz CT molecular complexity index is 2000. The molecule has 0 fully saturated rings. The maximum absolute atomic E-state index is 14.9. The summed E-state index contributed by atoms with van der Waals surface area (Å²) in [6.45, 7) is 3.86. The van der Waals surface area contributed by atoms with Crippen LogP contribution < -0.4 is 16.2 Å². The molecule has 2 aromatic heterocycles. The largest absolute Gasteiger partial charge is 0.480 e. The lowest BCUT2D eigenvalue weighted by atomic mass is 9.92. The fourth-order valence-electron chi connectivity index (χ4n) is 5.35. The summed E-state index contributed by atoms with van der Waals surface area (Å²) >= 11 is 0. The number of aliphatic hydroxyl groups excluding tert-OH is 1. The Hall–Kier alpha value is -5.06. The van der Waals surface area contributed by atoms with Crippen molar-refractivity contribution in [1.29, 1.82) is 0 Å². The highest BCUT2D eigenvalue weighted by atomic mass is 19.4. The van der Waals surface area contributed by atoms with Crippen LogP contribution >= 0.6 is 0 Å². The van der Waals surface area contributed by atoms with Crippen molar-refractivity contribution in [1.82, 2.24) is 14.9 Å². The minimum atomic E-state index is -4.97. The van der Waals surface area contributed by atoms with E-state index in [1.807, 2.05) is 10.6 Å². The molecule has 17 heteroatoms. The van der Waals surface area contributed by atoms with Crippen LogP contribution in [0.3, 0.4) is 0 Å². The molecule has 50 heavy (non-hydrogen) atoms.